The zero-order valence-corrected chi connectivity index (χ0v) is 24.5. The average molecular weight is 532 g/mol. The minimum absolute atomic E-state index is 0.0580. The largest absolute Gasteiger partial charge is 0.496 e. The van der Waals surface area contributed by atoms with Crippen molar-refractivity contribution < 1.29 is 23.4 Å². The number of carbonyl (C=O) groups excluding carboxylic acids is 1. The maximum atomic E-state index is 13.8. The third-order valence-corrected chi connectivity index (χ3v) is 7.86. The lowest BCUT2D eigenvalue weighted by atomic mass is 9.81. The van der Waals surface area contributed by atoms with Gasteiger partial charge in [-0.2, -0.15) is 0 Å². The van der Waals surface area contributed by atoms with Crippen LogP contribution in [0.25, 0.3) is 0 Å². The number of ether oxygens (including phenoxy) is 3. The monoisotopic (exact) mass is 531 g/mol. The van der Waals surface area contributed by atoms with Gasteiger partial charge in [-0.3, -0.25) is 4.79 Å². The molecule has 39 heavy (non-hydrogen) atoms. The van der Waals surface area contributed by atoms with E-state index in [-0.39, 0.29) is 17.4 Å². The van der Waals surface area contributed by atoms with E-state index < -0.39 is 0 Å². The van der Waals surface area contributed by atoms with Crippen molar-refractivity contribution in [3.63, 3.8) is 0 Å². The number of methoxy groups -OCH3 is 3. The number of benzene rings is 2. The summed E-state index contributed by atoms with van der Waals surface area (Å²) in [5.74, 6) is 3.10. The Hall–Kier alpha value is -3.67. The molecule has 0 fully saturated rings. The lowest BCUT2D eigenvalue weighted by Crippen LogP contribution is -2.39. The highest BCUT2D eigenvalue weighted by molar-refractivity contribution is 5.92. The first kappa shape index (κ1) is 28.3. The highest BCUT2D eigenvalue weighted by Crippen LogP contribution is 2.40. The Morgan fingerprint density at radius 1 is 1.00 bits per heavy atom. The summed E-state index contributed by atoms with van der Waals surface area (Å²) >= 11 is 0. The van der Waals surface area contributed by atoms with Crippen LogP contribution in [0.5, 0.6) is 17.2 Å². The Balaban J connectivity index is 1.63. The van der Waals surface area contributed by atoms with Crippen molar-refractivity contribution in [1.82, 2.24) is 4.90 Å². The summed E-state index contributed by atoms with van der Waals surface area (Å²) in [6.45, 7) is 11.4. The average Bonchev–Trinajstić information content (AvgIpc) is 3.40. The lowest BCUT2D eigenvalue weighted by Gasteiger charge is -2.36. The molecule has 4 rings (SSSR count). The number of hydrogen-bond donors (Lipinski definition) is 0. The van der Waals surface area contributed by atoms with Crippen molar-refractivity contribution in [2.75, 3.05) is 27.9 Å². The van der Waals surface area contributed by atoms with Crippen LogP contribution in [0.1, 0.15) is 85.7 Å². The summed E-state index contributed by atoms with van der Waals surface area (Å²) in [5, 5.41) is 0. The molecule has 0 aliphatic carbocycles. The van der Waals surface area contributed by atoms with Gasteiger partial charge in [-0.1, -0.05) is 44.6 Å². The van der Waals surface area contributed by atoms with E-state index in [0.29, 0.717) is 30.2 Å². The van der Waals surface area contributed by atoms with Gasteiger partial charge in [-0.15, -0.1) is 0 Å². The van der Waals surface area contributed by atoms with Crippen LogP contribution >= 0.6 is 0 Å². The van der Waals surface area contributed by atoms with Gasteiger partial charge >= 0.3 is 0 Å². The van der Waals surface area contributed by atoms with Gasteiger partial charge in [0.15, 0.2) is 17.3 Å². The molecule has 208 valence electrons. The van der Waals surface area contributed by atoms with Gasteiger partial charge in [0.25, 0.3) is 5.91 Å². The van der Waals surface area contributed by atoms with Crippen molar-refractivity contribution in [2.45, 2.75) is 65.3 Å². The second-order valence-electron chi connectivity index (χ2n) is 11.1. The fourth-order valence-corrected chi connectivity index (χ4v) is 5.16. The van der Waals surface area contributed by atoms with Crippen LogP contribution in [-0.4, -0.2) is 38.7 Å². The lowest BCUT2D eigenvalue weighted by molar-refractivity contribution is 0.0665. The second kappa shape index (κ2) is 11.6. The molecule has 1 amide bonds. The van der Waals surface area contributed by atoms with Crippen LogP contribution in [0, 0.1) is 0 Å². The van der Waals surface area contributed by atoms with Crippen molar-refractivity contribution in [3.05, 3.63) is 87.9 Å². The van der Waals surface area contributed by atoms with Gasteiger partial charge in [0.2, 0.25) is 0 Å². The van der Waals surface area contributed by atoms with Crippen LogP contribution in [0.15, 0.2) is 58.5 Å². The highest BCUT2D eigenvalue weighted by atomic mass is 16.5. The van der Waals surface area contributed by atoms with E-state index >= 15 is 0 Å². The molecule has 0 saturated heterocycles. The summed E-state index contributed by atoms with van der Waals surface area (Å²) in [5.41, 5.74) is 5.68. The smallest absolute Gasteiger partial charge is 0.290 e. The molecule has 1 unspecified atom stereocenters. The Kier molecular flexibility index (Phi) is 8.43. The third-order valence-electron chi connectivity index (χ3n) is 7.86. The molecule has 0 spiro atoms. The molecule has 0 bridgehead atoms. The van der Waals surface area contributed by atoms with Gasteiger partial charge in [0.1, 0.15) is 11.5 Å². The fraction of sp³-hybridized carbons (Fsp3) is 0.424. The maximum Gasteiger partial charge on any atom is 0.290 e. The highest BCUT2D eigenvalue weighted by Gasteiger charge is 2.33. The molecule has 1 atom stereocenters. The maximum absolute atomic E-state index is 13.8. The first-order chi connectivity index (χ1) is 18.6. The molecule has 0 saturated carbocycles. The van der Waals surface area contributed by atoms with Crippen molar-refractivity contribution in [2.24, 2.45) is 0 Å². The Morgan fingerprint density at radius 2 is 1.69 bits per heavy atom. The second-order valence-corrected chi connectivity index (χ2v) is 11.1. The van der Waals surface area contributed by atoms with Gasteiger partial charge in [0.05, 0.1) is 27.4 Å². The zero-order chi connectivity index (χ0) is 28.3. The van der Waals surface area contributed by atoms with Crippen LogP contribution in [0.3, 0.4) is 0 Å². The summed E-state index contributed by atoms with van der Waals surface area (Å²) in [4.78, 5) is 15.7. The summed E-state index contributed by atoms with van der Waals surface area (Å²) < 4.78 is 22.9. The van der Waals surface area contributed by atoms with E-state index in [1.54, 1.807) is 27.4 Å². The molecule has 2 heterocycles. The molecular weight excluding hydrogens is 490 g/mol. The molecule has 1 aliphatic rings. The van der Waals surface area contributed by atoms with Crippen molar-refractivity contribution in [1.29, 1.82) is 0 Å². The van der Waals surface area contributed by atoms with Gasteiger partial charge < -0.3 is 23.5 Å². The predicted octanol–water partition coefficient (Wildman–Crippen LogP) is 7.29. The van der Waals surface area contributed by atoms with Crippen molar-refractivity contribution in [3.8, 4) is 17.2 Å². The Morgan fingerprint density at radius 3 is 2.33 bits per heavy atom. The topological polar surface area (TPSA) is 61.1 Å². The van der Waals surface area contributed by atoms with E-state index in [0.717, 1.165) is 46.6 Å². The SMILES string of the molecule is CCC(C)(C)c1ccc(OC)c(Cc2ccc(C(=O)N3CCc4cc(OC)c(OC)cc4C3C=C(C)C)o2)c1. The number of amides is 1. The number of furan rings is 1. The molecule has 6 heteroatoms. The minimum atomic E-state index is -0.229. The van der Waals surface area contributed by atoms with Crippen LogP contribution in [-0.2, 0) is 18.3 Å². The quantitative estimate of drug-likeness (QED) is 0.271. The molecule has 1 aliphatic heterocycles. The number of carbonyl (C=O) groups is 1. The molecule has 1 aromatic heterocycles. The number of rotatable bonds is 9. The van der Waals surface area contributed by atoms with Gasteiger partial charge in [0, 0.05) is 18.5 Å². The third kappa shape index (κ3) is 5.85. The van der Waals surface area contributed by atoms with Gasteiger partial charge in [-0.05, 0) is 79.1 Å². The first-order valence-corrected chi connectivity index (χ1v) is 13.6. The normalized spacial score (nSPS) is 15.0. The number of fused-ring (bicyclic) bond motifs is 1. The number of allylic oxidation sites excluding steroid dienone is 1. The van der Waals surface area contributed by atoms with Crippen molar-refractivity contribution >= 4 is 5.91 Å². The van der Waals surface area contributed by atoms with E-state index in [1.807, 2.05) is 43.0 Å². The van der Waals surface area contributed by atoms with E-state index in [4.69, 9.17) is 18.6 Å². The molecule has 6 nitrogen and oxygen atoms in total. The summed E-state index contributed by atoms with van der Waals surface area (Å²) in [7, 11) is 4.95. The van der Waals surface area contributed by atoms with Crippen LogP contribution in [0.4, 0.5) is 0 Å². The fourth-order valence-electron chi connectivity index (χ4n) is 5.16. The standard InChI is InChI=1S/C33H41NO5/c1-9-33(4,5)24-10-12-28(36-6)23(17-24)18-25-11-13-29(39-25)32(35)34-15-14-22-19-30(37-7)31(38-8)20-26(22)27(34)16-21(2)3/h10-13,16-17,19-20,27H,9,14-15,18H2,1-8H3. The molecular formula is C33H41NO5. The minimum Gasteiger partial charge on any atom is -0.496 e. The first-order valence-electron chi connectivity index (χ1n) is 13.6. The van der Waals surface area contributed by atoms with E-state index in [2.05, 4.69) is 39.0 Å². The molecule has 3 aromatic rings. The Labute approximate surface area is 232 Å². The van der Waals surface area contributed by atoms with Crippen LogP contribution < -0.4 is 14.2 Å². The van der Waals surface area contributed by atoms with Crippen LogP contribution in [0.2, 0.25) is 0 Å². The zero-order valence-electron chi connectivity index (χ0n) is 24.5. The van der Waals surface area contributed by atoms with Gasteiger partial charge in [-0.25, -0.2) is 0 Å². The molecule has 0 N–H and O–H groups in total. The number of nitrogens with zero attached hydrogens (tertiary/aromatic N) is 1. The van der Waals surface area contributed by atoms with E-state index in [1.165, 1.54) is 5.56 Å². The van der Waals surface area contributed by atoms with E-state index in [9.17, 15) is 4.79 Å². The Bertz CT molecular complexity index is 1360. The number of hydrogen-bond acceptors (Lipinski definition) is 5. The summed E-state index contributed by atoms with van der Waals surface area (Å²) in [6, 6.07) is 13.8. The molecule has 2 aromatic carbocycles. The summed E-state index contributed by atoms with van der Waals surface area (Å²) in [6.07, 6.45) is 4.42. The predicted molar refractivity (Wildman–Crippen MR) is 154 cm³/mol. The molecule has 0 radical (unpaired) electrons.